The van der Waals surface area contributed by atoms with Crippen molar-refractivity contribution in [1.82, 2.24) is 18.9 Å². The van der Waals surface area contributed by atoms with Gasteiger partial charge in [-0.1, -0.05) is 30.6 Å². The molecule has 10 heteroatoms. The smallest absolute Gasteiger partial charge is 0.234 e. The second kappa shape index (κ2) is 6.32. The molecule has 0 saturated heterocycles. The maximum Gasteiger partial charge on any atom is 0.234 e. The van der Waals surface area contributed by atoms with Crippen LogP contribution in [0, 0.1) is 0 Å². The Morgan fingerprint density at radius 3 is 2.76 bits per heavy atom. The molecule has 0 aromatic carbocycles. The third-order valence-electron chi connectivity index (χ3n) is 3.35. The summed E-state index contributed by atoms with van der Waals surface area (Å²) in [5.74, 6) is -0.179. The van der Waals surface area contributed by atoms with Gasteiger partial charge in [0.25, 0.3) is 0 Å². The molecule has 0 atom stereocenters. The van der Waals surface area contributed by atoms with E-state index in [1.807, 2.05) is 0 Å². The molecule has 1 N–H and O–H groups in total. The van der Waals surface area contributed by atoms with Crippen molar-refractivity contribution in [1.29, 1.82) is 0 Å². The van der Waals surface area contributed by atoms with E-state index in [2.05, 4.69) is 24.3 Å². The molecule has 1 saturated carbocycles. The monoisotopic (exact) mass is 345 g/mol. The average molecular weight is 345 g/mol. The molecule has 21 heavy (non-hydrogen) atoms. The largest absolute Gasteiger partial charge is 0.357 e. The molecule has 0 radical (unpaired) electrons. The van der Waals surface area contributed by atoms with Gasteiger partial charge in [-0.15, -0.1) is 10.2 Å². The number of sulfone groups is 1. The van der Waals surface area contributed by atoms with Crippen molar-refractivity contribution >= 4 is 38.0 Å². The first-order chi connectivity index (χ1) is 10.1. The highest BCUT2D eigenvalue weighted by Gasteiger charge is 2.23. The quantitative estimate of drug-likeness (QED) is 0.886. The molecule has 1 aliphatic rings. The molecule has 1 aliphatic carbocycles. The van der Waals surface area contributed by atoms with Crippen molar-refractivity contribution in [2.24, 2.45) is 0 Å². The highest BCUT2D eigenvalue weighted by atomic mass is 32.2. The third kappa shape index (κ3) is 3.74. The number of nitrogens with one attached hydrogen (secondary N) is 1. The van der Waals surface area contributed by atoms with Crippen LogP contribution in [-0.2, 0) is 15.6 Å². The van der Waals surface area contributed by atoms with E-state index >= 15 is 0 Å². The summed E-state index contributed by atoms with van der Waals surface area (Å²) in [7, 11) is -3.49. The highest BCUT2D eigenvalue weighted by molar-refractivity contribution is 7.92. The fraction of sp³-hybridized carbons (Fsp3) is 0.636. The van der Waals surface area contributed by atoms with E-state index in [4.69, 9.17) is 0 Å². The van der Waals surface area contributed by atoms with Crippen molar-refractivity contribution in [2.75, 3.05) is 5.32 Å². The summed E-state index contributed by atoms with van der Waals surface area (Å²) in [6, 6.07) is 0.380. The van der Waals surface area contributed by atoms with Crippen molar-refractivity contribution in [3.8, 4) is 0 Å². The Morgan fingerprint density at radius 1 is 1.24 bits per heavy atom. The molecule has 0 aliphatic heterocycles. The Labute approximate surface area is 131 Å². The van der Waals surface area contributed by atoms with Crippen LogP contribution in [0.25, 0.3) is 0 Å². The van der Waals surface area contributed by atoms with E-state index < -0.39 is 9.84 Å². The summed E-state index contributed by atoms with van der Waals surface area (Å²) < 4.78 is 32.2. The minimum Gasteiger partial charge on any atom is -0.357 e. The van der Waals surface area contributed by atoms with Gasteiger partial charge in [0.05, 0.1) is 23.6 Å². The first kappa shape index (κ1) is 14.8. The lowest BCUT2D eigenvalue weighted by Gasteiger charge is -2.21. The standard InChI is InChI=1S/C11H15N5O2S3/c17-21(18,7-9-6-12-20-16-9)11-15-14-10(19-11)13-8-4-2-1-3-5-8/h6,8H,1-5,7H2,(H,13,14). The number of hydrogen-bond donors (Lipinski definition) is 1. The summed E-state index contributed by atoms with van der Waals surface area (Å²) in [5, 5.41) is 11.6. The zero-order valence-corrected chi connectivity index (χ0v) is 13.7. The minimum atomic E-state index is -3.49. The van der Waals surface area contributed by atoms with Gasteiger partial charge in [-0.25, -0.2) is 8.42 Å². The predicted octanol–water partition coefficient (Wildman–Crippen LogP) is 2.11. The minimum absolute atomic E-state index is 0.0359. The zero-order valence-electron chi connectivity index (χ0n) is 11.2. The molecule has 2 aromatic rings. The Hall–Kier alpha value is -1.13. The fourth-order valence-electron chi connectivity index (χ4n) is 2.32. The number of anilines is 1. The van der Waals surface area contributed by atoms with Crippen LogP contribution >= 0.6 is 23.1 Å². The lowest BCUT2D eigenvalue weighted by atomic mass is 9.96. The zero-order chi connectivity index (χ0) is 14.7. The van der Waals surface area contributed by atoms with Crippen LogP contribution in [-0.4, -0.2) is 33.4 Å². The molecule has 1 fully saturated rings. The summed E-state index contributed by atoms with van der Waals surface area (Å²) in [6.07, 6.45) is 7.36. The third-order valence-corrected chi connectivity index (χ3v) is 6.82. The number of hydrogen-bond acceptors (Lipinski definition) is 9. The van der Waals surface area contributed by atoms with Crippen molar-refractivity contribution < 1.29 is 8.42 Å². The Kier molecular flexibility index (Phi) is 4.45. The van der Waals surface area contributed by atoms with Crippen LogP contribution in [0.5, 0.6) is 0 Å². The van der Waals surface area contributed by atoms with E-state index in [-0.39, 0.29) is 10.1 Å². The van der Waals surface area contributed by atoms with Gasteiger partial charge in [-0.05, 0) is 12.8 Å². The molecule has 0 spiro atoms. The normalized spacial score (nSPS) is 17.0. The number of nitrogens with zero attached hydrogens (tertiary/aromatic N) is 4. The first-order valence-corrected chi connectivity index (χ1v) is 9.93. The van der Waals surface area contributed by atoms with Crippen LogP contribution in [0.2, 0.25) is 0 Å². The summed E-state index contributed by atoms with van der Waals surface area (Å²) in [4.78, 5) is 0. The Bertz CT molecular complexity index is 677. The van der Waals surface area contributed by atoms with Crippen molar-refractivity contribution in [2.45, 2.75) is 48.2 Å². The molecule has 0 amide bonds. The van der Waals surface area contributed by atoms with Crippen LogP contribution in [0.15, 0.2) is 10.5 Å². The van der Waals surface area contributed by atoms with Gasteiger partial charge in [-0.3, -0.25) is 0 Å². The molecule has 0 bridgehead atoms. The maximum absolute atomic E-state index is 12.2. The molecule has 0 unspecified atom stereocenters. The molecular weight excluding hydrogens is 330 g/mol. The Morgan fingerprint density at radius 2 is 2.05 bits per heavy atom. The van der Waals surface area contributed by atoms with Crippen LogP contribution in [0.3, 0.4) is 0 Å². The predicted molar refractivity (Wildman–Crippen MR) is 81.2 cm³/mol. The van der Waals surface area contributed by atoms with Crippen molar-refractivity contribution in [3.63, 3.8) is 0 Å². The van der Waals surface area contributed by atoms with Gasteiger partial charge in [-0.2, -0.15) is 8.75 Å². The molecule has 7 nitrogen and oxygen atoms in total. The number of aromatic nitrogens is 4. The lowest BCUT2D eigenvalue weighted by molar-refractivity contribution is 0.462. The van der Waals surface area contributed by atoms with Gasteiger partial charge in [0, 0.05) is 6.04 Å². The second-order valence-electron chi connectivity index (χ2n) is 5.01. The van der Waals surface area contributed by atoms with E-state index in [0.717, 1.165) is 35.9 Å². The van der Waals surface area contributed by atoms with Crippen LogP contribution in [0.1, 0.15) is 37.8 Å². The maximum atomic E-state index is 12.2. The molecule has 114 valence electrons. The van der Waals surface area contributed by atoms with Crippen LogP contribution in [0.4, 0.5) is 5.13 Å². The highest BCUT2D eigenvalue weighted by Crippen LogP contribution is 2.26. The average Bonchev–Trinajstić information content (AvgIpc) is 3.11. The summed E-state index contributed by atoms with van der Waals surface area (Å²) in [6.45, 7) is 0. The van der Waals surface area contributed by atoms with Gasteiger partial charge in [0.1, 0.15) is 5.75 Å². The topological polar surface area (TPSA) is 97.7 Å². The van der Waals surface area contributed by atoms with Crippen LogP contribution < -0.4 is 5.32 Å². The molecule has 3 rings (SSSR count). The van der Waals surface area contributed by atoms with Gasteiger partial charge < -0.3 is 5.32 Å². The van der Waals surface area contributed by atoms with Crippen molar-refractivity contribution in [3.05, 3.63) is 11.9 Å². The van der Waals surface area contributed by atoms with Gasteiger partial charge >= 0.3 is 0 Å². The number of rotatable bonds is 5. The molecular formula is C11H15N5O2S3. The Balaban J connectivity index is 1.68. The molecule has 2 heterocycles. The molecule has 2 aromatic heterocycles. The van der Waals surface area contributed by atoms with Gasteiger partial charge in [0.2, 0.25) is 19.3 Å². The fourth-order valence-corrected chi connectivity index (χ4v) is 5.13. The lowest BCUT2D eigenvalue weighted by Crippen LogP contribution is -2.21. The summed E-state index contributed by atoms with van der Waals surface area (Å²) >= 11 is 2.08. The van der Waals surface area contributed by atoms with E-state index in [1.54, 1.807) is 0 Å². The SMILES string of the molecule is O=S(=O)(Cc1cnsn1)c1nnc(NC2CCCCC2)s1. The first-order valence-electron chi connectivity index (χ1n) is 6.73. The van der Waals surface area contributed by atoms with E-state index in [0.29, 0.717) is 16.9 Å². The summed E-state index contributed by atoms with van der Waals surface area (Å²) in [5.41, 5.74) is 0.442. The van der Waals surface area contributed by atoms with E-state index in [1.165, 1.54) is 25.5 Å². The second-order valence-corrected chi connectivity index (χ2v) is 8.71. The van der Waals surface area contributed by atoms with E-state index in [9.17, 15) is 8.42 Å². The van der Waals surface area contributed by atoms with Gasteiger partial charge in [0.15, 0.2) is 0 Å².